The van der Waals surface area contributed by atoms with Crippen LogP contribution in [0, 0.1) is 6.92 Å². The normalized spacial score (nSPS) is 11.4. The molecule has 1 N–H and O–H groups in total. The van der Waals surface area contributed by atoms with Gasteiger partial charge in [-0.1, -0.05) is 17.7 Å². The molecule has 1 aromatic carbocycles. The highest BCUT2D eigenvalue weighted by Crippen LogP contribution is 2.15. The van der Waals surface area contributed by atoms with Gasteiger partial charge in [-0.05, 0) is 26.3 Å². The predicted molar refractivity (Wildman–Crippen MR) is 81.6 cm³/mol. The Labute approximate surface area is 129 Å². The van der Waals surface area contributed by atoms with Gasteiger partial charge >= 0.3 is 0 Å². The van der Waals surface area contributed by atoms with Gasteiger partial charge in [-0.2, -0.15) is 0 Å². The molecule has 6 nitrogen and oxygen atoms in total. The highest BCUT2D eigenvalue weighted by atomic mass is 16.2. The summed E-state index contributed by atoms with van der Waals surface area (Å²) < 4.78 is 0. The maximum Gasteiger partial charge on any atom is 0.254 e. The maximum atomic E-state index is 12.5. The molecule has 0 fully saturated rings. The van der Waals surface area contributed by atoms with E-state index in [1.54, 1.807) is 25.2 Å². The van der Waals surface area contributed by atoms with Crippen molar-refractivity contribution in [2.75, 3.05) is 7.05 Å². The first-order valence-corrected chi connectivity index (χ1v) is 6.96. The second-order valence-electron chi connectivity index (χ2n) is 5.20. The molecule has 0 aliphatic carbocycles. The third-order valence-electron chi connectivity index (χ3n) is 3.56. The Hall–Kier alpha value is -2.50. The number of hydrogen-bond acceptors (Lipinski definition) is 4. The van der Waals surface area contributed by atoms with Crippen LogP contribution < -0.4 is 5.32 Å². The molecule has 0 aromatic heterocycles. The van der Waals surface area contributed by atoms with Crippen molar-refractivity contribution in [1.29, 1.82) is 0 Å². The van der Waals surface area contributed by atoms with Crippen LogP contribution in [-0.4, -0.2) is 42.5 Å². The lowest BCUT2D eigenvalue weighted by molar-refractivity contribution is -0.125. The number of aldehydes is 1. The van der Waals surface area contributed by atoms with Crippen molar-refractivity contribution in [2.45, 2.75) is 32.7 Å². The number of carbonyl (C=O) groups is 4. The lowest BCUT2D eigenvalue weighted by Gasteiger charge is -2.25. The zero-order valence-corrected chi connectivity index (χ0v) is 13.0. The molecule has 1 atom stereocenters. The molecular formula is C16H20N2O4. The molecule has 0 aliphatic heterocycles. The van der Waals surface area contributed by atoms with E-state index >= 15 is 0 Å². The van der Waals surface area contributed by atoms with E-state index in [0.717, 1.165) is 5.56 Å². The third-order valence-corrected chi connectivity index (χ3v) is 3.56. The Morgan fingerprint density at radius 2 is 2.00 bits per heavy atom. The summed E-state index contributed by atoms with van der Waals surface area (Å²) in [6.45, 7) is 3.65. The smallest absolute Gasteiger partial charge is 0.254 e. The van der Waals surface area contributed by atoms with Crippen molar-refractivity contribution >= 4 is 24.5 Å². The molecule has 22 heavy (non-hydrogen) atoms. The number of amides is 3. The molecule has 0 spiro atoms. The van der Waals surface area contributed by atoms with Crippen LogP contribution in [-0.2, 0) is 9.59 Å². The number of nitrogens with zero attached hydrogens (tertiary/aromatic N) is 1. The van der Waals surface area contributed by atoms with Crippen LogP contribution in [0.15, 0.2) is 18.2 Å². The van der Waals surface area contributed by atoms with Crippen molar-refractivity contribution < 1.29 is 19.2 Å². The molecule has 1 unspecified atom stereocenters. The highest BCUT2D eigenvalue weighted by Gasteiger charge is 2.20. The Kier molecular flexibility index (Phi) is 6.44. The topological polar surface area (TPSA) is 83.6 Å². The zero-order valence-electron chi connectivity index (χ0n) is 13.0. The number of carbonyl (C=O) groups excluding carboxylic acids is 4. The number of imide groups is 1. The predicted octanol–water partition coefficient (Wildman–Crippen LogP) is 1.32. The molecule has 3 amide bonds. The van der Waals surface area contributed by atoms with Crippen LogP contribution in [0.25, 0.3) is 0 Å². The van der Waals surface area contributed by atoms with E-state index in [4.69, 9.17) is 0 Å². The summed E-state index contributed by atoms with van der Waals surface area (Å²) in [5, 5.41) is 2.06. The van der Waals surface area contributed by atoms with Gasteiger partial charge in [0, 0.05) is 25.1 Å². The zero-order chi connectivity index (χ0) is 16.7. The SMILES string of the molecule is Cc1ccc(C=O)c(C(=O)N(C)C(C)CCC(=O)NC=O)c1. The van der Waals surface area contributed by atoms with Crippen molar-refractivity contribution in [3.63, 3.8) is 0 Å². The van der Waals surface area contributed by atoms with E-state index in [9.17, 15) is 19.2 Å². The molecule has 0 saturated heterocycles. The van der Waals surface area contributed by atoms with Crippen LogP contribution in [0.2, 0.25) is 0 Å². The Morgan fingerprint density at radius 1 is 1.32 bits per heavy atom. The fourth-order valence-corrected chi connectivity index (χ4v) is 2.02. The van der Waals surface area contributed by atoms with Gasteiger partial charge in [0.15, 0.2) is 6.29 Å². The fraction of sp³-hybridized carbons (Fsp3) is 0.375. The molecule has 0 radical (unpaired) electrons. The minimum Gasteiger partial charge on any atom is -0.339 e. The van der Waals surface area contributed by atoms with E-state index in [-0.39, 0.29) is 24.3 Å². The van der Waals surface area contributed by atoms with Crippen molar-refractivity contribution in [3.05, 3.63) is 34.9 Å². The minimum absolute atomic E-state index is 0.145. The molecule has 0 heterocycles. The summed E-state index contributed by atoms with van der Waals surface area (Å²) in [6, 6.07) is 4.86. The Morgan fingerprint density at radius 3 is 2.59 bits per heavy atom. The number of nitrogens with one attached hydrogen (secondary N) is 1. The molecule has 1 rings (SSSR count). The van der Waals surface area contributed by atoms with Crippen LogP contribution in [0.3, 0.4) is 0 Å². The molecule has 118 valence electrons. The lowest BCUT2D eigenvalue weighted by Crippen LogP contribution is -2.36. The Bertz CT molecular complexity index is 584. The van der Waals surface area contributed by atoms with Gasteiger partial charge in [0.25, 0.3) is 5.91 Å². The highest BCUT2D eigenvalue weighted by molar-refractivity contribution is 6.01. The molecule has 1 aromatic rings. The molecule has 0 aliphatic rings. The van der Waals surface area contributed by atoms with Gasteiger partial charge < -0.3 is 4.90 Å². The minimum atomic E-state index is -0.383. The third kappa shape index (κ3) is 4.51. The number of rotatable bonds is 7. The average Bonchev–Trinajstić information content (AvgIpc) is 2.51. The standard InChI is InChI=1S/C16H20N2O4/c1-11-4-6-13(9-19)14(8-11)16(22)18(3)12(2)5-7-15(21)17-10-20/h4,6,8-10,12H,5,7H2,1-3H3,(H,17,20,21). The van der Waals surface area contributed by atoms with Crippen LogP contribution >= 0.6 is 0 Å². The van der Waals surface area contributed by atoms with E-state index in [0.29, 0.717) is 30.2 Å². The van der Waals surface area contributed by atoms with Gasteiger partial charge in [0.2, 0.25) is 12.3 Å². The number of aryl methyl sites for hydroxylation is 1. The van der Waals surface area contributed by atoms with Crippen molar-refractivity contribution in [2.24, 2.45) is 0 Å². The molecule has 0 saturated carbocycles. The lowest BCUT2D eigenvalue weighted by atomic mass is 10.0. The van der Waals surface area contributed by atoms with E-state index in [1.165, 1.54) is 4.90 Å². The van der Waals surface area contributed by atoms with Gasteiger partial charge in [0.1, 0.15) is 0 Å². The van der Waals surface area contributed by atoms with E-state index in [2.05, 4.69) is 5.32 Å². The van der Waals surface area contributed by atoms with Crippen LogP contribution in [0.5, 0.6) is 0 Å². The van der Waals surface area contributed by atoms with Gasteiger partial charge in [-0.3, -0.25) is 24.5 Å². The van der Waals surface area contributed by atoms with Gasteiger partial charge in [-0.15, -0.1) is 0 Å². The summed E-state index contributed by atoms with van der Waals surface area (Å²) >= 11 is 0. The van der Waals surface area contributed by atoms with Crippen LogP contribution in [0.4, 0.5) is 0 Å². The first-order valence-electron chi connectivity index (χ1n) is 6.96. The maximum absolute atomic E-state index is 12.5. The van der Waals surface area contributed by atoms with Crippen LogP contribution in [0.1, 0.15) is 46.0 Å². The summed E-state index contributed by atoms with van der Waals surface area (Å²) in [7, 11) is 1.63. The average molecular weight is 304 g/mol. The molecule has 0 bridgehead atoms. The summed E-state index contributed by atoms with van der Waals surface area (Å²) in [5.74, 6) is -0.652. The summed E-state index contributed by atoms with van der Waals surface area (Å²) in [6.07, 6.45) is 1.56. The quantitative estimate of drug-likeness (QED) is 0.770. The van der Waals surface area contributed by atoms with Gasteiger partial charge in [-0.25, -0.2) is 0 Å². The first kappa shape index (κ1) is 17.6. The molecular weight excluding hydrogens is 284 g/mol. The van der Waals surface area contributed by atoms with E-state index in [1.807, 2.05) is 13.8 Å². The number of benzene rings is 1. The first-order chi connectivity index (χ1) is 10.4. The number of hydrogen-bond donors (Lipinski definition) is 1. The van der Waals surface area contributed by atoms with Crippen molar-refractivity contribution in [1.82, 2.24) is 10.2 Å². The summed E-state index contributed by atoms with van der Waals surface area (Å²) in [5.41, 5.74) is 1.58. The fourth-order valence-electron chi connectivity index (χ4n) is 2.02. The Balaban J connectivity index is 2.79. The van der Waals surface area contributed by atoms with Crippen molar-refractivity contribution in [3.8, 4) is 0 Å². The van der Waals surface area contributed by atoms with Gasteiger partial charge in [0.05, 0.1) is 5.56 Å². The van der Waals surface area contributed by atoms with E-state index < -0.39 is 0 Å². The summed E-state index contributed by atoms with van der Waals surface area (Å²) in [4.78, 5) is 46.5. The second kappa shape index (κ2) is 8.07. The largest absolute Gasteiger partial charge is 0.339 e. The second-order valence-corrected chi connectivity index (χ2v) is 5.20. The monoisotopic (exact) mass is 304 g/mol. The molecule has 6 heteroatoms.